The first-order valence-electron chi connectivity index (χ1n) is 7.62. The Labute approximate surface area is 117 Å². The summed E-state index contributed by atoms with van der Waals surface area (Å²) in [5.74, 6) is 0.589. The summed E-state index contributed by atoms with van der Waals surface area (Å²) in [4.78, 5) is 11.9. The summed E-state index contributed by atoms with van der Waals surface area (Å²) in [6.07, 6.45) is 4.88. The maximum absolute atomic E-state index is 11.9. The van der Waals surface area contributed by atoms with E-state index in [1.807, 2.05) is 13.8 Å². The van der Waals surface area contributed by atoms with Crippen LogP contribution in [0.1, 0.15) is 59.8 Å². The molecule has 1 aliphatic rings. The summed E-state index contributed by atoms with van der Waals surface area (Å²) in [7, 11) is 0. The van der Waals surface area contributed by atoms with Gasteiger partial charge < -0.3 is 15.7 Å². The van der Waals surface area contributed by atoms with Gasteiger partial charge in [-0.2, -0.15) is 0 Å². The minimum absolute atomic E-state index is 0.0156. The summed E-state index contributed by atoms with van der Waals surface area (Å²) < 4.78 is 0. The quantitative estimate of drug-likeness (QED) is 0.690. The maximum atomic E-state index is 11.9. The molecule has 0 heterocycles. The highest BCUT2D eigenvalue weighted by atomic mass is 16.3. The van der Waals surface area contributed by atoms with Gasteiger partial charge in [0.25, 0.3) is 0 Å². The zero-order valence-electron chi connectivity index (χ0n) is 12.8. The monoisotopic (exact) mass is 270 g/mol. The fraction of sp³-hybridized carbons (Fsp3) is 0.933. The summed E-state index contributed by atoms with van der Waals surface area (Å²) in [6, 6.07) is -0.0511. The van der Waals surface area contributed by atoms with Crippen molar-refractivity contribution in [1.82, 2.24) is 10.6 Å². The number of hydrogen-bond acceptors (Lipinski definition) is 3. The second-order valence-electron chi connectivity index (χ2n) is 6.35. The number of carbonyl (C=O) groups excluding carboxylic acids is 1. The Morgan fingerprint density at radius 3 is 2.74 bits per heavy atom. The molecule has 4 nitrogen and oxygen atoms in total. The van der Waals surface area contributed by atoms with Crippen molar-refractivity contribution >= 4 is 5.91 Å². The van der Waals surface area contributed by atoms with Crippen molar-refractivity contribution in [2.45, 2.75) is 77.5 Å². The Hall–Kier alpha value is -0.610. The lowest BCUT2D eigenvalue weighted by Crippen LogP contribution is -2.51. The Bertz CT molecular complexity index is 296. The van der Waals surface area contributed by atoms with Crippen LogP contribution in [0.25, 0.3) is 0 Å². The molecule has 4 unspecified atom stereocenters. The second-order valence-corrected chi connectivity index (χ2v) is 6.35. The van der Waals surface area contributed by atoms with Crippen molar-refractivity contribution < 1.29 is 9.90 Å². The smallest absolute Gasteiger partial charge is 0.237 e. The van der Waals surface area contributed by atoms with E-state index in [9.17, 15) is 9.90 Å². The van der Waals surface area contributed by atoms with E-state index in [1.54, 1.807) is 0 Å². The lowest BCUT2D eigenvalue weighted by atomic mass is 9.79. The molecule has 1 aliphatic carbocycles. The molecule has 3 N–H and O–H groups in total. The molecule has 19 heavy (non-hydrogen) atoms. The highest BCUT2D eigenvalue weighted by molar-refractivity contribution is 5.81. The highest BCUT2D eigenvalue weighted by Crippen LogP contribution is 2.31. The summed E-state index contributed by atoms with van der Waals surface area (Å²) >= 11 is 0. The molecule has 0 saturated heterocycles. The van der Waals surface area contributed by atoms with Gasteiger partial charge in [-0.1, -0.05) is 26.7 Å². The topological polar surface area (TPSA) is 61.4 Å². The Balaban J connectivity index is 2.36. The molecular formula is C15H30N2O2. The number of carbonyl (C=O) groups is 1. The van der Waals surface area contributed by atoms with Gasteiger partial charge in [0.05, 0.1) is 11.6 Å². The highest BCUT2D eigenvalue weighted by Gasteiger charge is 2.33. The van der Waals surface area contributed by atoms with Crippen LogP contribution >= 0.6 is 0 Å². The first-order chi connectivity index (χ1) is 8.86. The first kappa shape index (κ1) is 16.4. The Morgan fingerprint density at radius 2 is 2.16 bits per heavy atom. The fourth-order valence-electron chi connectivity index (χ4n) is 2.70. The van der Waals surface area contributed by atoms with Gasteiger partial charge in [0.2, 0.25) is 5.91 Å². The van der Waals surface area contributed by atoms with Crippen molar-refractivity contribution in [1.29, 1.82) is 0 Å². The molecule has 112 valence electrons. The van der Waals surface area contributed by atoms with E-state index in [1.165, 1.54) is 6.42 Å². The zero-order valence-corrected chi connectivity index (χ0v) is 12.8. The van der Waals surface area contributed by atoms with Gasteiger partial charge in [0.1, 0.15) is 0 Å². The molecule has 1 amide bonds. The van der Waals surface area contributed by atoms with Gasteiger partial charge >= 0.3 is 0 Å². The standard InChI is InChI=1S/C15H30N2O2/c1-5-12(3)17-14(18)13(4)16-10-15(19)8-6-7-11(2)9-15/h11-13,16,19H,5-10H2,1-4H3,(H,17,18). The average Bonchev–Trinajstić information content (AvgIpc) is 2.35. The predicted molar refractivity (Wildman–Crippen MR) is 77.9 cm³/mol. The molecule has 0 spiro atoms. The number of aliphatic hydroxyl groups is 1. The van der Waals surface area contributed by atoms with Gasteiger partial charge in [-0.25, -0.2) is 0 Å². The van der Waals surface area contributed by atoms with Crippen LogP contribution in [0.5, 0.6) is 0 Å². The van der Waals surface area contributed by atoms with Gasteiger partial charge in [0.15, 0.2) is 0 Å². The number of rotatable bonds is 6. The largest absolute Gasteiger partial charge is 0.389 e. The molecule has 1 rings (SSSR count). The van der Waals surface area contributed by atoms with Crippen LogP contribution < -0.4 is 10.6 Å². The third kappa shape index (κ3) is 5.49. The lowest BCUT2D eigenvalue weighted by Gasteiger charge is -2.36. The molecule has 0 aromatic heterocycles. The summed E-state index contributed by atoms with van der Waals surface area (Å²) in [6.45, 7) is 8.60. The van der Waals surface area contributed by atoms with Crippen molar-refractivity contribution in [2.75, 3.05) is 6.54 Å². The molecule has 4 atom stereocenters. The molecule has 0 radical (unpaired) electrons. The third-order valence-electron chi connectivity index (χ3n) is 4.20. The van der Waals surface area contributed by atoms with Crippen molar-refractivity contribution in [3.05, 3.63) is 0 Å². The van der Waals surface area contributed by atoms with E-state index in [0.29, 0.717) is 12.5 Å². The lowest BCUT2D eigenvalue weighted by molar-refractivity contribution is -0.123. The van der Waals surface area contributed by atoms with Gasteiger partial charge in [0, 0.05) is 12.6 Å². The van der Waals surface area contributed by atoms with E-state index in [0.717, 1.165) is 25.7 Å². The predicted octanol–water partition coefficient (Wildman–Crippen LogP) is 1.82. The molecule has 0 aliphatic heterocycles. The molecule has 1 saturated carbocycles. The van der Waals surface area contributed by atoms with E-state index >= 15 is 0 Å². The van der Waals surface area contributed by atoms with Crippen LogP contribution in [-0.2, 0) is 4.79 Å². The van der Waals surface area contributed by atoms with E-state index < -0.39 is 5.60 Å². The molecule has 1 fully saturated rings. The normalized spacial score (nSPS) is 30.7. The minimum Gasteiger partial charge on any atom is -0.389 e. The minimum atomic E-state index is -0.636. The molecule has 0 aromatic rings. The van der Waals surface area contributed by atoms with Crippen LogP contribution in [0.4, 0.5) is 0 Å². The molecule has 0 bridgehead atoms. The molecule has 0 aromatic carbocycles. The number of amides is 1. The van der Waals surface area contributed by atoms with E-state index in [4.69, 9.17) is 0 Å². The van der Waals surface area contributed by atoms with E-state index in [-0.39, 0.29) is 18.0 Å². The SMILES string of the molecule is CCC(C)NC(=O)C(C)NCC1(O)CCCC(C)C1. The number of hydrogen-bond donors (Lipinski definition) is 3. The van der Waals surface area contributed by atoms with Crippen LogP contribution in [0.2, 0.25) is 0 Å². The zero-order chi connectivity index (χ0) is 14.5. The number of nitrogens with one attached hydrogen (secondary N) is 2. The van der Waals surface area contributed by atoms with Crippen LogP contribution in [0, 0.1) is 5.92 Å². The molecular weight excluding hydrogens is 240 g/mol. The van der Waals surface area contributed by atoms with Gasteiger partial charge in [-0.15, -0.1) is 0 Å². The van der Waals surface area contributed by atoms with Crippen molar-refractivity contribution in [3.8, 4) is 0 Å². The molecule has 4 heteroatoms. The third-order valence-corrected chi connectivity index (χ3v) is 4.20. The Kier molecular flexibility index (Phi) is 6.27. The van der Waals surface area contributed by atoms with Gasteiger partial charge in [-0.3, -0.25) is 4.79 Å². The van der Waals surface area contributed by atoms with Crippen LogP contribution in [0.15, 0.2) is 0 Å². The average molecular weight is 270 g/mol. The first-order valence-corrected chi connectivity index (χ1v) is 7.62. The van der Waals surface area contributed by atoms with Crippen LogP contribution in [0.3, 0.4) is 0 Å². The van der Waals surface area contributed by atoms with Crippen molar-refractivity contribution in [2.24, 2.45) is 5.92 Å². The van der Waals surface area contributed by atoms with E-state index in [2.05, 4.69) is 24.5 Å². The van der Waals surface area contributed by atoms with Crippen LogP contribution in [-0.4, -0.2) is 35.2 Å². The maximum Gasteiger partial charge on any atom is 0.237 e. The second kappa shape index (κ2) is 7.25. The summed E-state index contributed by atoms with van der Waals surface area (Å²) in [5, 5.41) is 16.6. The Morgan fingerprint density at radius 1 is 1.47 bits per heavy atom. The van der Waals surface area contributed by atoms with Crippen molar-refractivity contribution in [3.63, 3.8) is 0 Å². The fourth-order valence-corrected chi connectivity index (χ4v) is 2.70. The summed E-state index contributed by atoms with van der Waals surface area (Å²) in [5.41, 5.74) is -0.636. The van der Waals surface area contributed by atoms with Gasteiger partial charge in [-0.05, 0) is 39.0 Å².